The van der Waals surface area contributed by atoms with Gasteiger partial charge in [0.15, 0.2) is 0 Å². The average Bonchev–Trinajstić information content (AvgIpc) is 2.99. The smallest absolute Gasteiger partial charge is 0.264 e. The fraction of sp³-hybridized carbons (Fsp3) is 0.267. The molecule has 0 aromatic heterocycles. The van der Waals surface area contributed by atoms with Gasteiger partial charge in [0.1, 0.15) is 11.6 Å². The number of benzene rings is 1. The Kier molecular flexibility index (Phi) is 4.16. The number of nitrogens with two attached hydrogens (primary N) is 1. The zero-order valence-corrected chi connectivity index (χ0v) is 11.1. The van der Waals surface area contributed by atoms with Gasteiger partial charge in [-0.05, 0) is 36.6 Å². The highest BCUT2D eigenvalue weighted by atomic mass is 16.2. The standard InChI is InChI=1S/C15H16N4O/c16-9-12-7-11(3-4-14(12)18)8-13(10-17)15(20)19-5-1-2-6-19/h3-4,7-9,16H,1-2,5-6,18H2. The Bertz CT molecular complexity index is 607. The summed E-state index contributed by atoms with van der Waals surface area (Å²) >= 11 is 0. The first-order chi connectivity index (χ1) is 9.65. The summed E-state index contributed by atoms with van der Waals surface area (Å²) in [6.45, 7) is 1.43. The Morgan fingerprint density at radius 1 is 1.40 bits per heavy atom. The molecule has 1 aromatic rings. The van der Waals surface area contributed by atoms with E-state index in [1.165, 1.54) is 0 Å². The molecule has 1 saturated heterocycles. The molecule has 0 atom stereocenters. The molecule has 1 fully saturated rings. The van der Waals surface area contributed by atoms with Crippen LogP contribution in [0.25, 0.3) is 6.08 Å². The summed E-state index contributed by atoms with van der Waals surface area (Å²) in [4.78, 5) is 13.9. The van der Waals surface area contributed by atoms with Crippen molar-refractivity contribution in [1.82, 2.24) is 4.90 Å². The van der Waals surface area contributed by atoms with Crippen LogP contribution in [0.3, 0.4) is 0 Å². The van der Waals surface area contributed by atoms with Crippen LogP contribution in [0.4, 0.5) is 5.69 Å². The molecule has 1 aliphatic heterocycles. The van der Waals surface area contributed by atoms with Crippen molar-refractivity contribution in [2.75, 3.05) is 18.8 Å². The lowest BCUT2D eigenvalue weighted by molar-refractivity contribution is -0.125. The lowest BCUT2D eigenvalue weighted by Gasteiger charge is -2.14. The number of nitriles is 1. The van der Waals surface area contributed by atoms with Crippen molar-refractivity contribution < 1.29 is 4.79 Å². The molecule has 1 aliphatic rings. The minimum absolute atomic E-state index is 0.118. The number of rotatable bonds is 3. The third-order valence-electron chi connectivity index (χ3n) is 3.32. The van der Waals surface area contributed by atoms with E-state index in [0.29, 0.717) is 29.9 Å². The van der Waals surface area contributed by atoms with Crippen LogP contribution in [0.1, 0.15) is 24.0 Å². The van der Waals surface area contributed by atoms with Gasteiger partial charge in [0, 0.05) is 30.6 Å². The Morgan fingerprint density at radius 2 is 2.10 bits per heavy atom. The second kappa shape index (κ2) is 6.02. The van der Waals surface area contributed by atoms with Gasteiger partial charge >= 0.3 is 0 Å². The van der Waals surface area contributed by atoms with Gasteiger partial charge in [0.05, 0.1) is 0 Å². The van der Waals surface area contributed by atoms with Crippen LogP contribution < -0.4 is 5.73 Å². The van der Waals surface area contributed by atoms with Gasteiger partial charge in [-0.15, -0.1) is 0 Å². The fourth-order valence-corrected chi connectivity index (χ4v) is 2.21. The van der Waals surface area contributed by atoms with Crippen molar-refractivity contribution in [3.8, 4) is 6.07 Å². The van der Waals surface area contributed by atoms with Gasteiger partial charge in [-0.2, -0.15) is 5.26 Å². The number of carbonyl (C=O) groups excluding carboxylic acids is 1. The van der Waals surface area contributed by atoms with Crippen LogP contribution in [0.5, 0.6) is 0 Å². The molecule has 5 nitrogen and oxygen atoms in total. The predicted octanol–water partition coefficient (Wildman–Crippen LogP) is 1.80. The molecule has 0 spiro atoms. The van der Waals surface area contributed by atoms with Crippen molar-refractivity contribution >= 4 is 23.9 Å². The van der Waals surface area contributed by atoms with Gasteiger partial charge in [0.25, 0.3) is 5.91 Å². The molecule has 0 unspecified atom stereocenters. The first kappa shape index (κ1) is 13.8. The molecule has 0 bridgehead atoms. The maximum atomic E-state index is 12.2. The number of likely N-dealkylation sites (tertiary alicyclic amines) is 1. The normalized spacial score (nSPS) is 14.9. The molecule has 3 N–H and O–H groups in total. The zero-order chi connectivity index (χ0) is 14.5. The molecule has 0 saturated carbocycles. The molecular weight excluding hydrogens is 252 g/mol. The lowest BCUT2D eigenvalue weighted by Crippen LogP contribution is -2.28. The maximum absolute atomic E-state index is 12.2. The topological polar surface area (TPSA) is 94.0 Å². The van der Waals surface area contributed by atoms with Gasteiger partial charge in [0.2, 0.25) is 0 Å². The van der Waals surface area contributed by atoms with E-state index in [1.807, 2.05) is 6.07 Å². The Morgan fingerprint density at radius 3 is 2.70 bits per heavy atom. The van der Waals surface area contributed by atoms with E-state index < -0.39 is 0 Å². The molecule has 1 heterocycles. The molecule has 2 rings (SSSR count). The minimum Gasteiger partial charge on any atom is -0.398 e. The van der Waals surface area contributed by atoms with Gasteiger partial charge in [-0.3, -0.25) is 4.79 Å². The highest BCUT2D eigenvalue weighted by molar-refractivity contribution is 6.02. The van der Waals surface area contributed by atoms with Crippen molar-refractivity contribution in [2.24, 2.45) is 0 Å². The van der Waals surface area contributed by atoms with E-state index >= 15 is 0 Å². The van der Waals surface area contributed by atoms with E-state index in [1.54, 1.807) is 29.2 Å². The maximum Gasteiger partial charge on any atom is 0.264 e. The molecule has 0 radical (unpaired) electrons. The summed E-state index contributed by atoms with van der Waals surface area (Å²) < 4.78 is 0. The number of nitrogens with one attached hydrogen (secondary N) is 1. The van der Waals surface area contributed by atoms with Crippen LogP contribution in [-0.4, -0.2) is 30.1 Å². The molecule has 5 heteroatoms. The van der Waals surface area contributed by atoms with Crippen LogP contribution >= 0.6 is 0 Å². The van der Waals surface area contributed by atoms with E-state index in [4.69, 9.17) is 16.4 Å². The zero-order valence-electron chi connectivity index (χ0n) is 11.1. The van der Waals surface area contributed by atoms with Crippen molar-refractivity contribution in [3.63, 3.8) is 0 Å². The predicted molar refractivity (Wildman–Crippen MR) is 78.1 cm³/mol. The van der Waals surface area contributed by atoms with Crippen molar-refractivity contribution in [2.45, 2.75) is 12.8 Å². The van der Waals surface area contributed by atoms with Crippen LogP contribution in [0.2, 0.25) is 0 Å². The van der Waals surface area contributed by atoms with E-state index in [9.17, 15) is 4.79 Å². The van der Waals surface area contributed by atoms with Crippen LogP contribution in [0, 0.1) is 16.7 Å². The molecule has 20 heavy (non-hydrogen) atoms. The molecule has 1 aromatic carbocycles. The summed E-state index contributed by atoms with van der Waals surface area (Å²) in [5.41, 5.74) is 7.60. The molecule has 102 valence electrons. The SMILES string of the molecule is N#CC(=Cc1ccc(N)c(C=N)c1)C(=O)N1CCCC1. The highest BCUT2D eigenvalue weighted by Gasteiger charge is 2.21. The van der Waals surface area contributed by atoms with Crippen LogP contribution in [0.15, 0.2) is 23.8 Å². The van der Waals surface area contributed by atoms with Gasteiger partial charge in [-0.25, -0.2) is 0 Å². The van der Waals surface area contributed by atoms with Gasteiger partial charge in [-0.1, -0.05) is 6.07 Å². The van der Waals surface area contributed by atoms with E-state index in [-0.39, 0.29) is 11.5 Å². The second-order valence-electron chi connectivity index (χ2n) is 4.70. The second-order valence-corrected chi connectivity index (χ2v) is 4.70. The summed E-state index contributed by atoms with van der Waals surface area (Å²) in [6, 6.07) is 7.05. The summed E-state index contributed by atoms with van der Waals surface area (Å²) in [5.74, 6) is -0.224. The lowest BCUT2D eigenvalue weighted by atomic mass is 10.1. The monoisotopic (exact) mass is 268 g/mol. The largest absolute Gasteiger partial charge is 0.398 e. The third kappa shape index (κ3) is 2.86. The summed E-state index contributed by atoms with van der Waals surface area (Å²) in [7, 11) is 0. The number of hydrogen-bond acceptors (Lipinski definition) is 4. The van der Waals surface area contributed by atoms with Gasteiger partial charge < -0.3 is 16.0 Å². The fourth-order valence-electron chi connectivity index (χ4n) is 2.21. The quantitative estimate of drug-likeness (QED) is 0.379. The number of hydrogen-bond donors (Lipinski definition) is 2. The van der Waals surface area contributed by atoms with Crippen LogP contribution in [-0.2, 0) is 4.79 Å². The number of carbonyl (C=O) groups is 1. The van der Waals surface area contributed by atoms with E-state index in [0.717, 1.165) is 19.1 Å². The Balaban J connectivity index is 2.29. The number of anilines is 1. The van der Waals surface area contributed by atoms with E-state index in [2.05, 4.69) is 0 Å². The first-order valence-electron chi connectivity index (χ1n) is 6.47. The number of nitrogens with zero attached hydrogens (tertiary/aromatic N) is 2. The number of amides is 1. The van der Waals surface area contributed by atoms with Crippen molar-refractivity contribution in [1.29, 1.82) is 10.7 Å². The Hall–Kier alpha value is -2.61. The highest BCUT2D eigenvalue weighted by Crippen LogP contribution is 2.17. The number of nitrogen functional groups attached to an aromatic ring is 1. The van der Waals surface area contributed by atoms with Crippen molar-refractivity contribution in [3.05, 3.63) is 34.9 Å². The Labute approximate surface area is 117 Å². The molecule has 0 aliphatic carbocycles. The summed E-state index contributed by atoms with van der Waals surface area (Å²) in [5, 5.41) is 16.4. The first-order valence-corrected chi connectivity index (χ1v) is 6.47. The minimum atomic E-state index is -0.224. The molecule has 1 amide bonds. The average molecular weight is 268 g/mol. The summed E-state index contributed by atoms with van der Waals surface area (Å²) in [6.07, 6.45) is 4.68. The third-order valence-corrected chi connectivity index (χ3v) is 3.32. The molecular formula is C15H16N4O.